The molecule has 6 heteroatoms. The Morgan fingerprint density at radius 3 is 2.80 bits per heavy atom. The maximum Gasteiger partial charge on any atom is 0.130 e. The summed E-state index contributed by atoms with van der Waals surface area (Å²) in [5.41, 5.74) is 2.86. The summed E-state index contributed by atoms with van der Waals surface area (Å²) in [4.78, 5) is 0. The van der Waals surface area contributed by atoms with Crippen molar-refractivity contribution < 1.29 is 9.63 Å². The van der Waals surface area contributed by atoms with E-state index in [4.69, 9.17) is 4.52 Å². The molecule has 0 bridgehead atoms. The molecule has 0 aliphatic heterocycles. The number of rotatable bonds is 4. The summed E-state index contributed by atoms with van der Waals surface area (Å²) in [7, 11) is 0. The fraction of sp³-hybridized carbons (Fsp3) is 0.214. The largest absolute Gasteiger partial charge is 0.382 e. The van der Waals surface area contributed by atoms with Gasteiger partial charge in [0.15, 0.2) is 0 Å². The highest BCUT2D eigenvalue weighted by atomic mass is 16.5. The smallest absolute Gasteiger partial charge is 0.130 e. The number of nitrogens with zero attached hydrogens (tertiary/aromatic N) is 4. The van der Waals surface area contributed by atoms with Gasteiger partial charge in [-0.25, -0.2) is 4.68 Å². The highest BCUT2D eigenvalue weighted by Gasteiger charge is 2.19. The van der Waals surface area contributed by atoms with Crippen molar-refractivity contribution in [2.24, 2.45) is 0 Å². The minimum Gasteiger partial charge on any atom is -0.382 e. The Kier molecular flexibility index (Phi) is 3.30. The summed E-state index contributed by atoms with van der Waals surface area (Å²) in [6.07, 6.45) is 2.28. The van der Waals surface area contributed by atoms with E-state index in [2.05, 4.69) is 15.5 Å². The zero-order chi connectivity index (χ0) is 13.9. The van der Waals surface area contributed by atoms with E-state index in [1.165, 1.54) is 6.26 Å². The van der Waals surface area contributed by atoms with Gasteiger partial charge in [-0.1, -0.05) is 40.7 Å². The van der Waals surface area contributed by atoms with Crippen LogP contribution in [0.1, 0.15) is 28.6 Å². The van der Waals surface area contributed by atoms with Crippen molar-refractivity contribution in [3.05, 3.63) is 65.3 Å². The van der Waals surface area contributed by atoms with Gasteiger partial charge in [0.2, 0.25) is 0 Å². The molecule has 3 rings (SSSR count). The first kappa shape index (κ1) is 12.6. The van der Waals surface area contributed by atoms with Crippen LogP contribution in [0, 0.1) is 6.92 Å². The first-order valence-corrected chi connectivity index (χ1v) is 6.27. The molecule has 0 unspecified atom stereocenters. The second-order valence-corrected chi connectivity index (χ2v) is 4.58. The summed E-state index contributed by atoms with van der Waals surface area (Å²) < 4.78 is 6.52. The highest BCUT2D eigenvalue weighted by molar-refractivity contribution is 5.23. The van der Waals surface area contributed by atoms with E-state index in [-0.39, 0.29) is 0 Å². The van der Waals surface area contributed by atoms with Crippen LogP contribution in [-0.4, -0.2) is 25.3 Å². The molecule has 1 aromatic carbocycles. The van der Waals surface area contributed by atoms with E-state index in [0.29, 0.717) is 23.5 Å². The molecule has 1 atom stereocenters. The van der Waals surface area contributed by atoms with Crippen molar-refractivity contribution >= 4 is 0 Å². The molecule has 0 aliphatic rings. The van der Waals surface area contributed by atoms with Crippen molar-refractivity contribution in [1.82, 2.24) is 20.2 Å². The fourth-order valence-electron chi connectivity index (χ4n) is 2.01. The fourth-order valence-corrected chi connectivity index (χ4v) is 2.01. The van der Waals surface area contributed by atoms with Crippen molar-refractivity contribution in [2.45, 2.75) is 19.6 Å². The Balaban J connectivity index is 1.79. The average Bonchev–Trinajstić information content (AvgIpc) is 3.08. The van der Waals surface area contributed by atoms with Crippen LogP contribution in [0.3, 0.4) is 0 Å². The predicted molar refractivity (Wildman–Crippen MR) is 70.9 cm³/mol. The zero-order valence-electron chi connectivity index (χ0n) is 11.0. The third-order valence-electron chi connectivity index (χ3n) is 3.11. The van der Waals surface area contributed by atoms with Crippen molar-refractivity contribution in [1.29, 1.82) is 0 Å². The third kappa shape index (κ3) is 2.46. The minimum atomic E-state index is -0.870. The van der Waals surface area contributed by atoms with Crippen molar-refractivity contribution in [3.63, 3.8) is 0 Å². The lowest BCUT2D eigenvalue weighted by atomic mass is 10.1. The van der Waals surface area contributed by atoms with Crippen LogP contribution in [0.15, 0.2) is 47.3 Å². The maximum atomic E-state index is 10.2. The Hall–Kier alpha value is -2.47. The molecule has 6 nitrogen and oxygen atoms in total. The number of hydrogen-bond acceptors (Lipinski definition) is 5. The lowest BCUT2D eigenvalue weighted by molar-refractivity contribution is 0.213. The molecule has 0 saturated carbocycles. The van der Waals surface area contributed by atoms with E-state index in [1.54, 1.807) is 17.8 Å². The van der Waals surface area contributed by atoms with Crippen LogP contribution < -0.4 is 0 Å². The molecule has 2 heterocycles. The molecular formula is C14H14N4O2. The van der Waals surface area contributed by atoms with Crippen LogP contribution in [0.2, 0.25) is 0 Å². The number of hydrogen-bond donors (Lipinski definition) is 1. The quantitative estimate of drug-likeness (QED) is 0.780. The Bertz CT molecular complexity index is 690. The van der Waals surface area contributed by atoms with E-state index in [9.17, 15) is 5.11 Å². The van der Waals surface area contributed by atoms with Gasteiger partial charge in [0.25, 0.3) is 0 Å². The Morgan fingerprint density at radius 2 is 2.10 bits per heavy atom. The summed E-state index contributed by atoms with van der Waals surface area (Å²) >= 11 is 0. The predicted octanol–water partition coefficient (Wildman–Crippen LogP) is 1.70. The molecule has 0 aliphatic carbocycles. The molecule has 0 saturated heterocycles. The second kappa shape index (κ2) is 5.26. The number of aromatic nitrogens is 4. The molecule has 0 amide bonds. The van der Waals surface area contributed by atoms with Gasteiger partial charge in [0, 0.05) is 5.56 Å². The van der Waals surface area contributed by atoms with Crippen LogP contribution in [0.25, 0.3) is 0 Å². The number of aryl methyl sites for hydroxylation is 1. The van der Waals surface area contributed by atoms with E-state index >= 15 is 0 Å². The van der Waals surface area contributed by atoms with Gasteiger partial charge < -0.3 is 9.63 Å². The molecule has 0 spiro atoms. The molecule has 102 valence electrons. The normalized spacial score (nSPS) is 12.5. The van der Waals surface area contributed by atoms with Gasteiger partial charge in [0.05, 0.1) is 18.4 Å². The Morgan fingerprint density at radius 1 is 1.30 bits per heavy atom. The monoisotopic (exact) mass is 270 g/mol. The van der Waals surface area contributed by atoms with Crippen LogP contribution in [-0.2, 0) is 6.54 Å². The standard InChI is InChI=1S/C14H14N4O2/c1-10-12(9-20-16-10)14(19)13-8-18(17-15-13)7-11-5-3-2-4-6-11/h2-6,8-9,14,19H,7H2,1H3/t14-/m1/s1. The molecule has 0 fully saturated rings. The van der Waals surface area contributed by atoms with Crippen LogP contribution in [0.4, 0.5) is 0 Å². The summed E-state index contributed by atoms with van der Waals surface area (Å²) in [6, 6.07) is 9.95. The maximum absolute atomic E-state index is 10.2. The van der Waals surface area contributed by atoms with Gasteiger partial charge >= 0.3 is 0 Å². The zero-order valence-corrected chi connectivity index (χ0v) is 11.0. The van der Waals surface area contributed by atoms with Gasteiger partial charge in [-0.3, -0.25) is 0 Å². The van der Waals surface area contributed by atoms with Gasteiger partial charge in [-0.05, 0) is 12.5 Å². The van der Waals surface area contributed by atoms with E-state index in [0.717, 1.165) is 5.56 Å². The first-order chi connectivity index (χ1) is 9.74. The molecule has 3 aromatic rings. The summed E-state index contributed by atoms with van der Waals surface area (Å²) in [5.74, 6) is 0. The van der Waals surface area contributed by atoms with Crippen molar-refractivity contribution in [3.8, 4) is 0 Å². The minimum absolute atomic E-state index is 0.479. The number of aliphatic hydroxyl groups is 1. The van der Waals surface area contributed by atoms with Gasteiger partial charge in [0.1, 0.15) is 18.1 Å². The molecule has 20 heavy (non-hydrogen) atoms. The summed E-state index contributed by atoms with van der Waals surface area (Å²) in [6.45, 7) is 2.39. The van der Waals surface area contributed by atoms with E-state index in [1.807, 2.05) is 30.3 Å². The van der Waals surface area contributed by atoms with Crippen LogP contribution in [0.5, 0.6) is 0 Å². The second-order valence-electron chi connectivity index (χ2n) is 4.58. The van der Waals surface area contributed by atoms with E-state index < -0.39 is 6.10 Å². The molecular weight excluding hydrogens is 256 g/mol. The lowest BCUT2D eigenvalue weighted by Gasteiger charge is -2.03. The molecule has 2 aromatic heterocycles. The number of benzene rings is 1. The van der Waals surface area contributed by atoms with Crippen molar-refractivity contribution in [2.75, 3.05) is 0 Å². The lowest BCUT2D eigenvalue weighted by Crippen LogP contribution is -2.01. The third-order valence-corrected chi connectivity index (χ3v) is 3.11. The average molecular weight is 270 g/mol. The SMILES string of the molecule is Cc1nocc1[C@@H](O)c1cn(Cc2ccccc2)nn1. The van der Waals surface area contributed by atoms with Crippen LogP contribution >= 0.6 is 0 Å². The number of aliphatic hydroxyl groups excluding tert-OH is 1. The molecule has 1 N–H and O–H groups in total. The van der Waals surface area contributed by atoms with Gasteiger partial charge in [-0.15, -0.1) is 5.10 Å². The topological polar surface area (TPSA) is 77.0 Å². The summed E-state index contributed by atoms with van der Waals surface area (Å²) in [5, 5.41) is 22.0. The first-order valence-electron chi connectivity index (χ1n) is 6.27. The Labute approximate surface area is 115 Å². The highest BCUT2D eigenvalue weighted by Crippen LogP contribution is 2.22. The van der Waals surface area contributed by atoms with Gasteiger partial charge in [-0.2, -0.15) is 0 Å². The molecule has 0 radical (unpaired) electrons.